The summed E-state index contributed by atoms with van der Waals surface area (Å²) in [6.45, 7) is 0. The van der Waals surface area contributed by atoms with Gasteiger partial charge in [0.25, 0.3) is 0 Å². The largest absolute Gasteiger partial charge is 0.489 e. The highest BCUT2D eigenvalue weighted by atomic mass is 35.5. The van der Waals surface area contributed by atoms with Gasteiger partial charge in [0.05, 0.1) is 0 Å². The summed E-state index contributed by atoms with van der Waals surface area (Å²) < 4.78 is 5.81. The summed E-state index contributed by atoms with van der Waals surface area (Å²) in [6, 6.07) is 11.6. The number of benzene rings is 2. The van der Waals surface area contributed by atoms with Crippen molar-refractivity contribution in [3.05, 3.63) is 41.4 Å². The van der Waals surface area contributed by atoms with Gasteiger partial charge in [-0.3, -0.25) is 4.79 Å². The highest BCUT2D eigenvalue weighted by Gasteiger charge is 2.28. The lowest BCUT2D eigenvalue weighted by molar-refractivity contribution is -0.129. The van der Waals surface area contributed by atoms with E-state index in [2.05, 4.69) is 0 Å². The van der Waals surface area contributed by atoms with Crippen molar-refractivity contribution in [2.75, 3.05) is 0 Å². The fourth-order valence-electron chi connectivity index (χ4n) is 2.05. The van der Waals surface area contributed by atoms with Crippen molar-refractivity contribution in [1.82, 2.24) is 0 Å². The Morgan fingerprint density at radius 2 is 1.76 bits per heavy atom. The summed E-state index contributed by atoms with van der Waals surface area (Å²) in [4.78, 5) is 10.9. The first-order chi connectivity index (χ1) is 8.24. The predicted molar refractivity (Wildman–Crippen MR) is 67.6 cm³/mol. The number of halogens is 1. The molecule has 1 aliphatic carbocycles. The fraction of sp³-hybridized carbons (Fsp3) is 0.214. The zero-order chi connectivity index (χ0) is 11.8. The standard InChI is InChI=1S/C14H11ClO2/c15-13-5-6-14(17-10-7-9(16)8-10)12-4-2-1-3-11(12)13/h1-6,10H,7-8H2. The second-order valence-electron chi connectivity index (χ2n) is 4.28. The number of hydrogen-bond donors (Lipinski definition) is 0. The normalized spacial score (nSPS) is 15.9. The van der Waals surface area contributed by atoms with Crippen molar-refractivity contribution in [1.29, 1.82) is 0 Å². The first kappa shape index (κ1) is 10.6. The van der Waals surface area contributed by atoms with E-state index in [4.69, 9.17) is 16.3 Å². The Balaban J connectivity index is 1.99. The van der Waals surface area contributed by atoms with Gasteiger partial charge in [0, 0.05) is 28.6 Å². The van der Waals surface area contributed by atoms with Crippen LogP contribution in [0.3, 0.4) is 0 Å². The number of carbonyl (C=O) groups excluding carboxylic acids is 1. The maximum absolute atomic E-state index is 10.9. The van der Waals surface area contributed by atoms with Crippen LogP contribution in [0.2, 0.25) is 5.02 Å². The summed E-state index contributed by atoms with van der Waals surface area (Å²) in [6.07, 6.45) is 1.08. The van der Waals surface area contributed by atoms with Crippen LogP contribution in [-0.2, 0) is 4.79 Å². The molecule has 0 unspecified atom stereocenters. The van der Waals surface area contributed by atoms with Gasteiger partial charge in [-0.15, -0.1) is 0 Å². The number of carbonyl (C=O) groups is 1. The molecule has 0 amide bonds. The average Bonchev–Trinajstić information content (AvgIpc) is 2.31. The minimum atomic E-state index is 0.0343. The van der Waals surface area contributed by atoms with Crippen molar-refractivity contribution < 1.29 is 9.53 Å². The molecule has 0 heterocycles. The quantitative estimate of drug-likeness (QED) is 0.809. The van der Waals surface area contributed by atoms with Crippen molar-refractivity contribution in [3.8, 4) is 5.75 Å². The molecule has 0 N–H and O–H groups in total. The van der Waals surface area contributed by atoms with Crippen molar-refractivity contribution in [2.45, 2.75) is 18.9 Å². The van der Waals surface area contributed by atoms with Gasteiger partial charge in [-0.25, -0.2) is 0 Å². The van der Waals surface area contributed by atoms with Gasteiger partial charge in [0.15, 0.2) is 0 Å². The van der Waals surface area contributed by atoms with Crippen LogP contribution in [0.5, 0.6) is 5.75 Å². The average molecular weight is 247 g/mol. The molecule has 2 aromatic carbocycles. The monoisotopic (exact) mass is 246 g/mol. The lowest BCUT2D eigenvalue weighted by Crippen LogP contribution is -2.33. The van der Waals surface area contributed by atoms with Crippen LogP contribution in [-0.4, -0.2) is 11.9 Å². The number of hydrogen-bond acceptors (Lipinski definition) is 2. The summed E-state index contributed by atoms with van der Waals surface area (Å²) >= 11 is 6.13. The van der Waals surface area contributed by atoms with Crippen molar-refractivity contribution in [3.63, 3.8) is 0 Å². The van der Waals surface area contributed by atoms with Crippen LogP contribution < -0.4 is 4.74 Å². The molecule has 2 nitrogen and oxygen atoms in total. The maximum Gasteiger partial charge on any atom is 0.140 e. The third kappa shape index (κ3) is 1.89. The molecular weight excluding hydrogens is 236 g/mol. The number of ether oxygens (including phenoxy) is 1. The third-order valence-electron chi connectivity index (χ3n) is 3.04. The van der Waals surface area contributed by atoms with Gasteiger partial charge in [-0.2, -0.15) is 0 Å². The molecule has 3 heteroatoms. The van der Waals surface area contributed by atoms with E-state index in [0.29, 0.717) is 12.8 Å². The topological polar surface area (TPSA) is 26.3 Å². The zero-order valence-electron chi connectivity index (χ0n) is 9.15. The molecule has 0 aromatic heterocycles. The van der Waals surface area contributed by atoms with Gasteiger partial charge < -0.3 is 4.74 Å². The van der Waals surface area contributed by atoms with Crippen molar-refractivity contribution >= 4 is 28.2 Å². The number of ketones is 1. The van der Waals surface area contributed by atoms with Crippen LogP contribution in [0.4, 0.5) is 0 Å². The van der Waals surface area contributed by atoms with Crippen LogP contribution in [0, 0.1) is 0 Å². The molecule has 86 valence electrons. The Bertz CT molecular complexity index is 584. The second-order valence-corrected chi connectivity index (χ2v) is 4.69. The van der Waals surface area contributed by atoms with E-state index in [1.54, 1.807) is 0 Å². The zero-order valence-corrected chi connectivity index (χ0v) is 9.91. The predicted octanol–water partition coefficient (Wildman–Crippen LogP) is 3.60. The van der Waals surface area contributed by atoms with Crippen molar-refractivity contribution in [2.24, 2.45) is 0 Å². The van der Waals surface area contributed by atoms with Crippen LogP contribution in [0.15, 0.2) is 36.4 Å². The molecule has 1 aliphatic rings. The lowest BCUT2D eigenvalue weighted by atomic mass is 9.94. The van der Waals surface area contributed by atoms with Gasteiger partial charge in [0.2, 0.25) is 0 Å². The Kier molecular flexibility index (Phi) is 2.52. The van der Waals surface area contributed by atoms with E-state index in [1.807, 2.05) is 36.4 Å². The van der Waals surface area contributed by atoms with E-state index >= 15 is 0 Å². The van der Waals surface area contributed by atoms with Crippen LogP contribution in [0.25, 0.3) is 10.8 Å². The molecular formula is C14H11ClO2. The minimum absolute atomic E-state index is 0.0343. The fourth-order valence-corrected chi connectivity index (χ4v) is 2.28. The molecule has 3 rings (SSSR count). The van der Waals surface area contributed by atoms with Gasteiger partial charge in [-0.1, -0.05) is 35.9 Å². The molecule has 0 aliphatic heterocycles. The second kappa shape index (κ2) is 4.04. The Morgan fingerprint density at radius 3 is 2.47 bits per heavy atom. The van der Waals surface area contributed by atoms with E-state index in [-0.39, 0.29) is 11.9 Å². The highest BCUT2D eigenvalue weighted by Crippen LogP contribution is 2.33. The Hall–Kier alpha value is -1.54. The van der Waals surface area contributed by atoms with E-state index in [1.165, 1.54) is 0 Å². The Morgan fingerprint density at radius 1 is 1.06 bits per heavy atom. The molecule has 17 heavy (non-hydrogen) atoms. The molecule has 0 radical (unpaired) electrons. The summed E-state index contributed by atoms with van der Waals surface area (Å²) in [5.74, 6) is 1.08. The summed E-state index contributed by atoms with van der Waals surface area (Å²) in [5.41, 5.74) is 0. The molecule has 2 aromatic rings. The van der Waals surface area contributed by atoms with Gasteiger partial charge >= 0.3 is 0 Å². The molecule has 0 spiro atoms. The third-order valence-corrected chi connectivity index (χ3v) is 3.36. The van der Waals surface area contributed by atoms with Gasteiger partial charge in [-0.05, 0) is 12.1 Å². The Labute approximate surface area is 104 Å². The van der Waals surface area contributed by atoms with Crippen LogP contribution >= 0.6 is 11.6 Å². The molecule has 1 saturated carbocycles. The van der Waals surface area contributed by atoms with E-state index < -0.39 is 0 Å². The summed E-state index contributed by atoms with van der Waals surface area (Å²) in [7, 11) is 0. The SMILES string of the molecule is O=C1CC(Oc2ccc(Cl)c3ccccc23)C1. The first-order valence-electron chi connectivity index (χ1n) is 5.59. The number of rotatable bonds is 2. The number of fused-ring (bicyclic) bond motifs is 1. The first-order valence-corrected chi connectivity index (χ1v) is 5.97. The number of Topliss-reactive ketones (excluding diaryl/α,β-unsaturated/α-hetero) is 1. The highest BCUT2D eigenvalue weighted by molar-refractivity contribution is 6.35. The minimum Gasteiger partial charge on any atom is -0.489 e. The molecule has 1 fully saturated rings. The van der Waals surface area contributed by atoms with E-state index in [9.17, 15) is 4.79 Å². The lowest BCUT2D eigenvalue weighted by Gasteiger charge is -2.25. The van der Waals surface area contributed by atoms with Crippen LogP contribution in [0.1, 0.15) is 12.8 Å². The van der Waals surface area contributed by atoms with E-state index in [0.717, 1.165) is 21.5 Å². The molecule has 0 saturated heterocycles. The summed E-state index contributed by atoms with van der Waals surface area (Å²) in [5, 5.41) is 2.70. The van der Waals surface area contributed by atoms with Gasteiger partial charge in [0.1, 0.15) is 17.6 Å². The molecule has 0 bridgehead atoms. The smallest absolute Gasteiger partial charge is 0.140 e. The molecule has 0 atom stereocenters. The maximum atomic E-state index is 10.9.